The number of amides is 2. The van der Waals surface area contributed by atoms with Crippen LogP contribution >= 0.6 is 0 Å². The first-order valence-corrected chi connectivity index (χ1v) is 7.04. The van der Waals surface area contributed by atoms with E-state index < -0.39 is 6.10 Å². The third kappa shape index (κ3) is 5.23. The van der Waals surface area contributed by atoms with Gasteiger partial charge >= 0.3 is 6.03 Å². The van der Waals surface area contributed by atoms with Crippen molar-refractivity contribution < 1.29 is 14.6 Å². The molecule has 104 valence electrons. The van der Waals surface area contributed by atoms with Gasteiger partial charge in [-0.2, -0.15) is 0 Å². The first-order valence-electron chi connectivity index (χ1n) is 7.04. The third-order valence-electron chi connectivity index (χ3n) is 3.55. The van der Waals surface area contributed by atoms with Gasteiger partial charge in [0.15, 0.2) is 0 Å². The molecule has 0 saturated heterocycles. The highest BCUT2D eigenvalue weighted by Gasteiger charge is 2.21. The number of nitrogens with one attached hydrogen (secondary N) is 2. The highest BCUT2D eigenvalue weighted by Crippen LogP contribution is 2.28. The molecule has 0 aromatic carbocycles. The summed E-state index contributed by atoms with van der Waals surface area (Å²) >= 11 is 0. The lowest BCUT2D eigenvalue weighted by molar-refractivity contribution is 0.0337. The third-order valence-corrected chi connectivity index (χ3v) is 3.55. The van der Waals surface area contributed by atoms with Crippen molar-refractivity contribution >= 4 is 6.03 Å². The molecule has 0 aromatic heterocycles. The molecule has 2 rings (SSSR count). The van der Waals surface area contributed by atoms with Gasteiger partial charge in [0.2, 0.25) is 0 Å². The van der Waals surface area contributed by atoms with Crippen LogP contribution in [0, 0.1) is 5.92 Å². The van der Waals surface area contributed by atoms with E-state index in [-0.39, 0.29) is 12.6 Å². The molecule has 1 atom stereocenters. The van der Waals surface area contributed by atoms with Crippen molar-refractivity contribution in [3.05, 3.63) is 0 Å². The van der Waals surface area contributed by atoms with Gasteiger partial charge in [0.1, 0.15) is 0 Å². The molecule has 0 heterocycles. The van der Waals surface area contributed by atoms with Crippen molar-refractivity contribution in [3.63, 3.8) is 0 Å². The molecule has 0 aromatic rings. The Bertz CT molecular complexity index is 263. The fourth-order valence-electron chi connectivity index (χ4n) is 2.23. The average Bonchev–Trinajstić information content (AvgIpc) is 3.03. The van der Waals surface area contributed by atoms with E-state index in [1.807, 2.05) is 0 Å². The van der Waals surface area contributed by atoms with E-state index in [2.05, 4.69) is 10.6 Å². The summed E-state index contributed by atoms with van der Waals surface area (Å²) in [5, 5.41) is 15.2. The van der Waals surface area contributed by atoms with Gasteiger partial charge in [-0.25, -0.2) is 4.79 Å². The summed E-state index contributed by atoms with van der Waals surface area (Å²) in [5.74, 6) is 0.704. The topological polar surface area (TPSA) is 70.6 Å². The van der Waals surface area contributed by atoms with E-state index in [1.165, 1.54) is 25.7 Å². The minimum absolute atomic E-state index is 0.178. The Labute approximate surface area is 108 Å². The number of ether oxygens (including phenoxy) is 1. The van der Waals surface area contributed by atoms with E-state index in [9.17, 15) is 9.90 Å². The fraction of sp³-hybridized carbons (Fsp3) is 0.923. The molecule has 1 unspecified atom stereocenters. The molecule has 0 bridgehead atoms. The van der Waals surface area contributed by atoms with Crippen molar-refractivity contribution in [3.8, 4) is 0 Å². The number of hydrogen-bond donors (Lipinski definition) is 3. The van der Waals surface area contributed by atoms with Gasteiger partial charge in [-0.1, -0.05) is 12.8 Å². The lowest BCUT2D eigenvalue weighted by Crippen LogP contribution is -2.44. The molecular weight excluding hydrogens is 232 g/mol. The zero-order chi connectivity index (χ0) is 12.8. The summed E-state index contributed by atoms with van der Waals surface area (Å²) in [7, 11) is 0. The monoisotopic (exact) mass is 256 g/mol. The summed E-state index contributed by atoms with van der Waals surface area (Å²) in [5.41, 5.74) is 0. The number of rotatable bonds is 7. The Morgan fingerprint density at radius 2 is 2.00 bits per heavy atom. The lowest BCUT2D eigenvalue weighted by atomic mass is 10.2. The Morgan fingerprint density at radius 1 is 1.28 bits per heavy atom. The van der Waals surface area contributed by atoms with Gasteiger partial charge in [0.05, 0.1) is 12.7 Å². The van der Waals surface area contributed by atoms with E-state index in [1.54, 1.807) is 0 Å². The number of carbonyl (C=O) groups is 1. The van der Waals surface area contributed by atoms with Crippen LogP contribution < -0.4 is 10.6 Å². The first kappa shape index (κ1) is 13.6. The van der Waals surface area contributed by atoms with Crippen LogP contribution in [0.15, 0.2) is 0 Å². The summed E-state index contributed by atoms with van der Waals surface area (Å²) in [6.45, 7) is 1.30. The number of hydrogen-bond acceptors (Lipinski definition) is 3. The SMILES string of the molecule is O=C(NCC(O)COCC1CC1)NC1CCCC1. The molecule has 0 radical (unpaired) electrons. The van der Waals surface area contributed by atoms with E-state index >= 15 is 0 Å². The van der Waals surface area contributed by atoms with Crippen molar-refractivity contribution in [2.75, 3.05) is 19.8 Å². The van der Waals surface area contributed by atoms with Gasteiger partial charge in [-0.05, 0) is 31.6 Å². The van der Waals surface area contributed by atoms with Crippen molar-refractivity contribution in [1.29, 1.82) is 0 Å². The molecule has 2 aliphatic carbocycles. The molecule has 0 spiro atoms. The van der Waals surface area contributed by atoms with Gasteiger partial charge in [-0.15, -0.1) is 0 Å². The Hall–Kier alpha value is -0.810. The Morgan fingerprint density at radius 3 is 2.67 bits per heavy atom. The largest absolute Gasteiger partial charge is 0.389 e. The fourth-order valence-corrected chi connectivity index (χ4v) is 2.23. The Balaban J connectivity index is 1.48. The smallest absolute Gasteiger partial charge is 0.315 e. The number of aliphatic hydroxyl groups is 1. The van der Waals surface area contributed by atoms with Gasteiger partial charge in [0, 0.05) is 19.2 Å². The minimum Gasteiger partial charge on any atom is -0.389 e. The van der Waals surface area contributed by atoms with Crippen LogP contribution in [0.3, 0.4) is 0 Å². The average molecular weight is 256 g/mol. The lowest BCUT2D eigenvalue weighted by Gasteiger charge is -2.15. The molecule has 3 N–H and O–H groups in total. The molecule has 2 saturated carbocycles. The van der Waals surface area contributed by atoms with Crippen LogP contribution in [-0.2, 0) is 4.74 Å². The summed E-state index contributed by atoms with van der Waals surface area (Å²) in [6, 6.07) is 0.136. The van der Waals surface area contributed by atoms with Crippen molar-refractivity contribution in [2.45, 2.75) is 50.7 Å². The van der Waals surface area contributed by atoms with E-state index in [0.29, 0.717) is 18.6 Å². The summed E-state index contributed by atoms with van der Waals surface area (Å²) < 4.78 is 5.36. The van der Waals surface area contributed by atoms with E-state index in [4.69, 9.17) is 4.74 Å². The van der Waals surface area contributed by atoms with Crippen LogP contribution in [0.25, 0.3) is 0 Å². The Kier molecular flexibility index (Phi) is 5.26. The first-order chi connectivity index (χ1) is 8.74. The van der Waals surface area contributed by atoms with Gasteiger partial charge in [-0.3, -0.25) is 0 Å². The van der Waals surface area contributed by atoms with Crippen LogP contribution in [0.1, 0.15) is 38.5 Å². The van der Waals surface area contributed by atoms with Crippen molar-refractivity contribution in [2.24, 2.45) is 5.92 Å². The number of carbonyl (C=O) groups excluding carboxylic acids is 1. The van der Waals surface area contributed by atoms with Crippen LogP contribution in [0.4, 0.5) is 4.79 Å². The summed E-state index contributed by atoms with van der Waals surface area (Å²) in [4.78, 5) is 11.5. The number of aliphatic hydroxyl groups excluding tert-OH is 1. The maximum atomic E-state index is 11.5. The second-order valence-electron chi connectivity index (χ2n) is 5.47. The second-order valence-corrected chi connectivity index (χ2v) is 5.47. The second kappa shape index (κ2) is 6.95. The standard InChI is InChI=1S/C13H24N2O3/c16-12(9-18-8-10-5-6-10)7-14-13(17)15-11-3-1-2-4-11/h10-12,16H,1-9H2,(H2,14,15,17). The maximum Gasteiger partial charge on any atom is 0.315 e. The predicted octanol–water partition coefficient (Wildman–Crippen LogP) is 1.02. The molecular formula is C13H24N2O3. The normalized spacial score (nSPS) is 21.8. The van der Waals surface area contributed by atoms with Crippen LogP contribution in [0.2, 0.25) is 0 Å². The van der Waals surface area contributed by atoms with E-state index in [0.717, 1.165) is 19.4 Å². The van der Waals surface area contributed by atoms with Crippen LogP contribution in [-0.4, -0.2) is 43.0 Å². The predicted molar refractivity (Wildman–Crippen MR) is 68.3 cm³/mol. The molecule has 0 aliphatic heterocycles. The quantitative estimate of drug-likeness (QED) is 0.637. The van der Waals surface area contributed by atoms with Gasteiger partial charge < -0.3 is 20.5 Å². The molecule has 2 amide bonds. The zero-order valence-corrected chi connectivity index (χ0v) is 10.9. The zero-order valence-electron chi connectivity index (χ0n) is 10.9. The molecule has 5 heteroatoms. The highest BCUT2D eigenvalue weighted by molar-refractivity contribution is 5.74. The molecule has 2 fully saturated rings. The minimum atomic E-state index is -0.613. The maximum absolute atomic E-state index is 11.5. The van der Waals surface area contributed by atoms with Gasteiger partial charge in [0.25, 0.3) is 0 Å². The summed E-state index contributed by atoms with van der Waals surface area (Å²) in [6.07, 6.45) is 6.42. The molecule has 2 aliphatic rings. The van der Waals surface area contributed by atoms with Crippen molar-refractivity contribution in [1.82, 2.24) is 10.6 Å². The highest BCUT2D eigenvalue weighted by atomic mass is 16.5. The molecule has 5 nitrogen and oxygen atoms in total. The number of urea groups is 1. The molecule has 18 heavy (non-hydrogen) atoms. The van der Waals surface area contributed by atoms with Crippen LogP contribution in [0.5, 0.6) is 0 Å².